The average molecular weight is 478 g/mol. The van der Waals surface area contributed by atoms with Crippen molar-refractivity contribution in [2.24, 2.45) is 0 Å². The zero-order valence-corrected chi connectivity index (χ0v) is 20.1. The quantitative estimate of drug-likeness (QED) is 0.354. The predicted molar refractivity (Wildman–Crippen MR) is 136 cm³/mol. The maximum atomic E-state index is 13.0. The lowest BCUT2D eigenvalue weighted by atomic mass is 10.1. The molecule has 1 atom stereocenters. The van der Waals surface area contributed by atoms with Crippen LogP contribution >= 0.6 is 12.2 Å². The highest BCUT2D eigenvalue weighted by atomic mass is 32.1. The van der Waals surface area contributed by atoms with Crippen LogP contribution in [0.15, 0.2) is 76.1 Å². The van der Waals surface area contributed by atoms with Crippen molar-refractivity contribution in [3.05, 3.63) is 94.2 Å². The molecule has 0 saturated carbocycles. The molecule has 0 aliphatic carbocycles. The first-order chi connectivity index (χ1) is 16.5. The second kappa shape index (κ2) is 10.4. The lowest BCUT2D eigenvalue weighted by molar-refractivity contribution is 0.347. The van der Waals surface area contributed by atoms with E-state index >= 15 is 0 Å². The predicted octanol–water partition coefficient (Wildman–Crippen LogP) is 4.78. The summed E-state index contributed by atoms with van der Waals surface area (Å²) in [7, 11) is 3.15. The summed E-state index contributed by atoms with van der Waals surface area (Å²) in [5.41, 5.74) is 2.17. The van der Waals surface area contributed by atoms with Crippen molar-refractivity contribution in [3.8, 4) is 11.5 Å². The number of methoxy groups -OCH3 is 2. The van der Waals surface area contributed by atoms with Crippen LogP contribution in [0.5, 0.6) is 11.5 Å². The molecule has 34 heavy (non-hydrogen) atoms. The van der Waals surface area contributed by atoms with Crippen LogP contribution in [0.1, 0.15) is 29.9 Å². The third-order valence-corrected chi connectivity index (χ3v) is 6.02. The Labute approximate surface area is 203 Å². The van der Waals surface area contributed by atoms with Crippen LogP contribution in [0.25, 0.3) is 10.9 Å². The van der Waals surface area contributed by atoms with Crippen molar-refractivity contribution in [2.45, 2.75) is 26.1 Å². The Hall–Kier alpha value is -3.78. The molecule has 0 spiro atoms. The number of rotatable bonds is 8. The molecule has 4 aromatic rings. The Balaban J connectivity index is 1.63. The molecular formula is C26H27N3O4S. The SMILES string of the molecule is COc1cc2cc(CN(Cc3ccco3)C(=S)N[C@H](C)c3ccccc3)c(=O)[nH]c2cc1OC. The number of pyridine rings is 1. The van der Waals surface area contributed by atoms with Crippen molar-refractivity contribution in [2.75, 3.05) is 14.2 Å². The van der Waals surface area contributed by atoms with Gasteiger partial charge in [0.25, 0.3) is 5.56 Å². The molecule has 7 nitrogen and oxygen atoms in total. The molecule has 0 unspecified atom stereocenters. The molecule has 0 radical (unpaired) electrons. The summed E-state index contributed by atoms with van der Waals surface area (Å²) in [6.45, 7) is 2.77. The lowest BCUT2D eigenvalue weighted by Crippen LogP contribution is -2.41. The van der Waals surface area contributed by atoms with E-state index in [9.17, 15) is 4.79 Å². The number of aromatic nitrogens is 1. The fourth-order valence-corrected chi connectivity index (χ4v) is 4.10. The minimum atomic E-state index is -0.192. The zero-order chi connectivity index (χ0) is 24.1. The lowest BCUT2D eigenvalue weighted by Gasteiger charge is -2.27. The fraction of sp³-hybridized carbons (Fsp3) is 0.231. The van der Waals surface area contributed by atoms with Gasteiger partial charge in [0.05, 0.1) is 45.1 Å². The number of nitrogens with zero attached hydrogens (tertiary/aromatic N) is 1. The largest absolute Gasteiger partial charge is 0.493 e. The summed E-state index contributed by atoms with van der Waals surface area (Å²) in [4.78, 5) is 17.8. The minimum Gasteiger partial charge on any atom is -0.493 e. The second-order valence-electron chi connectivity index (χ2n) is 7.94. The van der Waals surface area contributed by atoms with Crippen LogP contribution < -0.4 is 20.3 Å². The molecule has 8 heteroatoms. The summed E-state index contributed by atoms with van der Waals surface area (Å²) in [6.07, 6.45) is 1.62. The van der Waals surface area contributed by atoms with Gasteiger partial charge in [0, 0.05) is 17.0 Å². The average Bonchev–Trinajstić information content (AvgIpc) is 3.37. The molecule has 0 saturated heterocycles. The third kappa shape index (κ3) is 5.23. The molecule has 176 valence electrons. The van der Waals surface area contributed by atoms with Gasteiger partial charge in [-0.1, -0.05) is 30.3 Å². The van der Waals surface area contributed by atoms with Crippen LogP contribution in [0.2, 0.25) is 0 Å². The van der Waals surface area contributed by atoms with Crippen LogP contribution in [0, 0.1) is 0 Å². The van der Waals surface area contributed by atoms with Crippen molar-refractivity contribution >= 4 is 28.2 Å². The molecule has 0 fully saturated rings. The first-order valence-electron chi connectivity index (χ1n) is 10.9. The van der Waals surface area contributed by atoms with E-state index in [1.165, 1.54) is 0 Å². The van der Waals surface area contributed by atoms with Gasteiger partial charge in [-0.05, 0) is 49.0 Å². The van der Waals surface area contributed by atoms with E-state index in [0.717, 1.165) is 16.7 Å². The number of ether oxygens (including phenoxy) is 2. The molecule has 2 aromatic heterocycles. The summed E-state index contributed by atoms with van der Waals surface area (Å²) in [5, 5.41) is 4.75. The first-order valence-corrected chi connectivity index (χ1v) is 11.3. The highest BCUT2D eigenvalue weighted by Crippen LogP contribution is 2.31. The number of benzene rings is 2. The molecule has 2 aromatic carbocycles. The number of fused-ring (bicyclic) bond motifs is 1. The standard InChI is InChI=1S/C26H27N3O4S/c1-17(18-8-5-4-6-9-18)27-26(34)29(16-21-10-7-11-33-21)15-20-12-19-13-23(31-2)24(32-3)14-22(19)28-25(20)30/h4-14,17H,15-16H2,1-3H3,(H,27,34)(H,28,30)/t17-/m1/s1. The van der Waals surface area contributed by atoms with Gasteiger partial charge in [-0.25, -0.2) is 0 Å². The Morgan fingerprint density at radius 1 is 1.06 bits per heavy atom. The molecule has 2 heterocycles. The van der Waals surface area contributed by atoms with Crippen molar-refractivity contribution < 1.29 is 13.9 Å². The van der Waals surface area contributed by atoms with Gasteiger partial charge >= 0.3 is 0 Å². The van der Waals surface area contributed by atoms with Gasteiger partial charge < -0.3 is 29.1 Å². The van der Waals surface area contributed by atoms with E-state index < -0.39 is 0 Å². The summed E-state index contributed by atoms with van der Waals surface area (Å²) >= 11 is 5.76. The van der Waals surface area contributed by atoms with Crippen LogP contribution in [-0.4, -0.2) is 29.2 Å². The number of nitrogens with one attached hydrogen (secondary N) is 2. The molecule has 0 aliphatic rings. The summed E-state index contributed by atoms with van der Waals surface area (Å²) < 4.78 is 16.3. The fourth-order valence-electron chi connectivity index (χ4n) is 3.79. The highest BCUT2D eigenvalue weighted by molar-refractivity contribution is 7.80. The number of H-pyrrole nitrogens is 1. The van der Waals surface area contributed by atoms with Gasteiger partial charge in [-0.2, -0.15) is 0 Å². The van der Waals surface area contributed by atoms with Crippen molar-refractivity contribution in [1.29, 1.82) is 0 Å². The van der Waals surface area contributed by atoms with Crippen molar-refractivity contribution in [1.82, 2.24) is 15.2 Å². The minimum absolute atomic E-state index is 0.000542. The zero-order valence-electron chi connectivity index (χ0n) is 19.3. The van der Waals surface area contributed by atoms with Crippen LogP contribution in [0.3, 0.4) is 0 Å². The number of thiocarbonyl (C=S) groups is 1. The molecule has 2 N–H and O–H groups in total. The van der Waals surface area contributed by atoms with E-state index in [-0.39, 0.29) is 11.6 Å². The maximum absolute atomic E-state index is 13.0. The number of hydrogen-bond acceptors (Lipinski definition) is 5. The first kappa shape index (κ1) is 23.4. The van der Waals surface area contributed by atoms with E-state index in [1.807, 2.05) is 59.5 Å². The number of hydrogen-bond donors (Lipinski definition) is 2. The van der Waals surface area contributed by atoms with Crippen LogP contribution in [0.4, 0.5) is 0 Å². The van der Waals surface area contributed by atoms with Crippen LogP contribution in [-0.2, 0) is 13.1 Å². The Morgan fingerprint density at radius 3 is 2.47 bits per heavy atom. The smallest absolute Gasteiger partial charge is 0.253 e. The normalized spacial score (nSPS) is 11.7. The van der Waals surface area contributed by atoms with Gasteiger partial charge in [-0.3, -0.25) is 4.79 Å². The second-order valence-corrected chi connectivity index (χ2v) is 8.32. The maximum Gasteiger partial charge on any atom is 0.253 e. The van der Waals surface area contributed by atoms with E-state index in [1.54, 1.807) is 26.5 Å². The summed E-state index contributed by atoms with van der Waals surface area (Å²) in [5.74, 6) is 1.90. The third-order valence-electron chi connectivity index (χ3n) is 5.64. The summed E-state index contributed by atoms with van der Waals surface area (Å²) in [6, 6.07) is 19.2. The van der Waals surface area contributed by atoms with Gasteiger partial charge in [0.1, 0.15) is 5.76 Å². The molecular weight excluding hydrogens is 450 g/mol. The van der Waals surface area contributed by atoms with Gasteiger partial charge in [-0.15, -0.1) is 0 Å². The van der Waals surface area contributed by atoms with E-state index in [4.69, 9.17) is 26.1 Å². The van der Waals surface area contributed by atoms with Gasteiger partial charge in [0.2, 0.25) is 0 Å². The molecule has 4 rings (SSSR count). The van der Waals surface area contributed by atoms with Gasteiger partial charge in [0.15, 0.2) is 16.6 Å². The van der Waals surface area contributed by atoms with Crippen molar-refractivity contribution in [3.63, 3.8) is 0 Å². The van der Waals surface area contributed by atoms with E-state index in [0.29, 0.717) is 40.8 Å². The Morgan fingerprint density at radius 2 is 1.79 bits per heavy atom. The Bertz CT molecular complexity index is 1320. The van der Waals surface area contributed by atoms with E-state index in [2.05, 4.69) is 17.2 Å². The molecule has 0 aliphatic heterocycles. The Kier molecular flexibility index (Phi) is 7.18. The number of aromatic amines is 1. The number of furan rings is 1. The topological polar surface area (TPSA) is 79.7 Å². The highest BCUT2D eigenvalue weighted by Gasteiger charge is 2.18. The monoisotopic (exact) mass is 477 g/mol. The molecule has 0 bridgehead atoms. The molecule has 0 amide bonds.